The van der Waals surface area contributed by atoms with E-state index in [1.165, 1.54) is 30.0 Å². The van der Waals surface area contributed by atoms with Crippen LogP contribution in [-0.4, -0.2) is 60.3 Å². The van der Waals surface area contributed by atoms with Crippen LogP contribution in [0, 0.1) is 11.8 Å². The first kappa shape index (κ1) is 41.4. The van der Waals surface area contributed by atoms with Gasteiger partial charge < -0.3 is 28.8 Å². The van der Waals surface area contributed by atoms with Gasteiger partial charge in [0.2, 0.25) is 5.13 Å². The molecule has 57 heavy (non-hydrogen) atoms. The van der Waals surface area contributed by atoms with Gasteiger partial charge >= 0.3 is 17.9 Å². The molecule has 1 N–H and O–H groups in total. The van der Waals surface area contributed by atoms with E-state index in [9.17, 15) is 19.5 Å². The Hall–Kier alpha value is -5.27. The summed E-state index contributed by atoms with van der Waals surface area (Å²) in [6.07, 6.45) is 14.0. The van der Waals surface area contributed by atoms with E-state index >= 15 is 0 Å². The van der Waals surface area contributed by atoms with E-state index in [1.807, 2.05) is 24.3 Å². The second-order valence-electron chi connectivity index (χ2n) is 14.4. The molecule has 6 rings (SSSR count). The van der Waals surface area contributed by atoms with Crippen LogP contribution in [0.5, 0.6) is 23.0 Å². The topological polar surface area (TPSA) is 146 Å². The maximum Gasteiger partial charge on any atom is 0.330 e. The number of anilines is 1. The Bertz CT molecular complexity index is 1930. The summed E-state index contributed by atoms with van der Waals surface area (Å²) in [4.78, 5) is 42.0. The number of esters is 3. The lowest BCUT2D eigenvalue weighted by Crippen LogP contribution is -2.30. The van der Waals surface area contributed by atoms with Gasteiger partial charge in [-0.25, -0.2) is 14.8 Å². The Morgan fingerprint density at radius 3 is 2.16 bits per heavy atom. The van der Waals surface area contributed by atoms with E-state index in [4.69, 9.17) is 28.7 Å². The molecule has 0 saturated heterocycles. The lowest BCUT2D eigenvalue weighted by atomic mass is 9.82. The molecule has 0 bridgehead atoms. The maximum atomic E-state index is 13.2. The Morgan fingerprint density at radius 2 is 1.46 bits per heavy atom. The van der Waals surface area contributed by atoms with Crippen molar-refractivity contribution in [2.75, 3.05) is 25.0 Å². The highest BCUT2D eigenvalue weighted by Crippen LogP contribution is 2.33. The van der Waals surface area contributed by atoms with Crippen LogP contribution in [0.15, 0.2) is 84.5 Å². The minimum Gasteiger partial charge on any atom is -0.507 e. The van der Waals surface area contributed by atoms with Crippen molar-refractivity contribution in [3.63, 3.8) is 0 Å². The van der Waals surface area contributed by atoms with E-state index in [0.29, 0.717) is 66.8 Å². The molecule has 3 aromatic carbocycles. The summed E-state index contributed by atoms with van der Waals surface area (Å²) in [5, 5.41) is 17.7. The first-order valence-corrected chi connectivity index (χ1v) is 20.7. The maximum absolute atomic E-state index is 13.2. The number of rotatable bonds is 19. The minimum absolute atomic E-state index is 0.00820. The third-order valence-electron chi connectivity index (χ3n) is 10.2. The highest BCUT2D eigenvalue weighted by Gasteiger charge is 2.32. The predicted octanol–water partition coefficient (Wildman–Crippen LogP) is 9.14. The SMILES string of the molecule is C=CC(=O)OCCCCCCOc1ccc(OC(=O)C2CCC(C(=O)Oc3ccc(O)c(/C=N/N(COC4CCCCC4)c4nc5ccccc5s4)c3)CC2)cc1. The number of phenolic OH excluding ortho intramolecular Hbond substituents is 1. The number of hydrazone groups is 1. The van der Waals surface area contributed by atoms with Gasteiger partial charge in [0.05, 0.1) is 47.6 Å². The quantitative estimate of drug-likeness (QED) is 0.0184. The van der Waals surface area contributed by atoms with Crippen molar-refractivity contribution in [1.29, 1.82) is 0 Å². The fraction of sp³-hybridized carbons (Fsp3) is 0.432. The molecule has 12 nitrogen and oxygen atoms in total. The second-order valence-corrected chi connectivity index (χ2v) is 15.4. The third kappa shape index (κ3) is 12.6. The zero-order chi connectivity index (χ0) is 39.8. The Labute approximate surface area is 337 Å². The zero-order valence-corrected chi connectivity index (χ0v) is 33.0. The van der Waals surface area contributed by atoms with Crippen molar-refractivity contribution in [3.05, 3.63) is 84.9 Å². The van der Waals surface area contributed by atoms with E-state index in [1.54, 1.807) is 41.4 Å². The van der Waals surface area contributed by atoms with Crippen LogP contribution in [0.25, 0.3) is 10.2 Å². The molecular weight excluding hydrogens is 747 g/mol. The van der Waals surface area contributed by atoms with Crippen molar-refractivity contribution < 1.29 is 43.2 Å². The molecule has 2 aliphatic carbocycles. The first-order chi connectivity index (χ1) is 27.8. The molecule has 2 saturated carbocycles. The van der Waals surface area contributed by atoms with Crippen LogP contribution in [0.4, 0.5) is 5.13 Å². The number of unbranched alkanes of at least 4 members (excludes halogenated alkanes) is 3. The Kier molecular flexibility index (Phi) is 15.5. The van der Waals surface area contributed by atoms with Crippen LogP contribution < -0.4 is 19.2 Å². The van der Waals surface area contributed by atoms with Crippen molar-refractivity contribution in [1.82, 2.24) is 4.98 Å². The van der Waals surface area contributed by atoms with Gasteiger partial charge in [-0.3, -0.25) is 9.59 Å². The number of hydrogen-bond donors (Lipinski definition) is 1. The molecule has 2 aliphatic rings. The van der Waals surface area contributed by atoms with Gasteiger partial charge in [0, 0.05) is 11.6 Å². The molecule has 0 radical (unpaired) electrons. The highest BCUT2D eigenvalue weighted by molar-refractivity contribution is 7.22. The fourth-order valence-corrected chi connectivity index (χ4v) is 7.81. The minimum atomic E-state index is -0.400. The predicted molar refractivity (Wildman–Crippen MR) is 219 cm³/mol. The van der Waals surface area contributed by atoms with Crippen LogP contribution >= 0.6 is 11.3 Å². The second kappa shape index (κ2) is 21.3. The van der Waals surface area contributed by atoms with Crippen LogP contribution in [0.2, 0.25) is 0 Å². The number of aromatic hydroxyl groups is 1. The van der Waals surface area contributed by atoms with Gasteiger partial charge in [-0.1, -0.05) is 49.3 Å². The van der Waals surface area contributed by atoms with Gasteiger partial charge in [0.15, 0.2) is 0 Å². The molecule has 0 unspecified atom stereocenters. The normalized spacial score (nSPS) is 17.3. The molecule has 0 aliphatic heterocycles. The van der Waals surface area contributed by atoms with Crippen LogP contribution in [0.3, 0.4) is 0 Å². The number of para-hydroxylation sites is 1. The van der Waals surface area contributed by atoms with E-state index < -0.39 is 5.97 Å². The number of thiazole rings is 1. The average molecular weight is 798 g/mol. The van der Waals surface area contributed by atoms with E-state index in [-0.39, 0.29) is 42.4 Å². The number of benzene rings is 3. The molecule has 0 atom stereocenters. The molecule has 302 valence electrons. The van der Waals surface area contributed by atoms with Crippen molar-refractivity contribution in [3.8, 4) is 23.0 Å². The number of ether oxygens (including phenoxy) is 5. The highest BCUT2D eigenvalue weighted by atomic mass is 32.1. The van der Waals surface area contributed by atoms with Crippen LogP contribution in [0.1, 0.15) is 89.0 Å². The number of fused-ring (bicyclic) bond motifs is 1. The standard InChI is InChI=1S/C44H51N3O9S/c1-2-41(49)53-27-11-4-3-10-26-52-35-20-22-36(23-21-35)55-42(50)31-16-18-32(19-17-31)43(51)56-37-24-25-39(48)33(28-37)29-45-47(30-54-34-12-6-5-7-13-34)44-46-38-14-8-9-15-40(38)57-44/h2,8-9,14-15,20-25,28-29,31-32,34,48H,1,3-7,10-13,16-19,26-27,30H2/b45-29+. The summed E-state index contributed by atoms with van der Waals surface area (Å²) < 4.78 is 29.5. The summed E-state index contributed by atoms with van der Waals surface area (Å²) in [7, 11) is 0. The van der Waals surface area contributed by atoms with Gasteiger partial charge in [0.25, 0.3) is 0 Å². The lowest BCUT2D eigenvalue weighted by molar-refractivity contribution is -0.145. The van der Waals surface area contributed by atoms with Crippen molar-refractivity contribution >= 4 is 50.8 Å². The largest absolute Gasteiger partial charge is 0.507 e. The molecular formula is C44H51N3O9S. The number of hydrogen-bond acceptors (Lipinski definition) is 13. The fourth-order valence-electron chi connectivity index (χ4n) is 6.89. The monoisotopic (exact) mass is 797 g/mol. The molecule has 1 aromatic heterocycles. The zero-order valence-electron chi connectivity index (χ0n) is 32.2. The summed E-state index contributed by atoms with van der Waals surface area (Å²) in [6.45, 7) is 4.54. The molecule has 4 aromatic rings. The summed E-state index contributed by atoms with van der Waals surface area (Å²) >= 11 is 1.51. The molecule has 0 amide bonds. The summed E-state index contributed by atoms with van der Waals surface area (Å²) in [5.74, 6) is -0.365. The van der Waals surface area contributed by atoms with Gasteiger partial charge in [0.1, 0.15) is 29.7 Å². The molecule has 1 heterocycles. The molecule has 2 fully saturated rings. The summed E-state index contributed by atoms with van der Waals surface area (Å²) in [5.41, 5.74) is 1.25. The van der Waals surface area contributed by atoms with Gasteiger partial charge in [-0.15, -0.1) is 0 Å². The Morgan fingerprint density at radius 1 is 0.807 bits per heavy atom. The first-order valence-electron chi connectivity index (χ1n) is 19.9. The van der Waals surface area contributed by atoms with E-state index in [2.05, 4.69) is 11.7 Å². The smallest absolute Gasteiger partial charge is 0.330 e. The number of nitrogens with zero attached hydrogens (tertiary/aromatic N) is 3. The van der Waals surface area contributed by atoms with E-state index in [0.717, 1.165) is 67.7 Å². The molecule has 13 heteroatoms. The van der Waals surface area contributed by atoms with Crippen molar-refractivity contribution in [2.24, 2.45) is 16.9 Å². The van der Waals surface area contributed by atoms with Gasteiger partial charge in [-0.05, 0) is 119 Å². The molecule has 0 spiro atoms. The van der Waals surface area contributed by atoms with Gasteiger partial charge in [-0.2, -0.15) is 5.10 Å². The average Bonchev–Trinajstić information content (AvgIpc) is 3.68. The van der Waals surface area contributed by atoms with Crippen molar-refractivity contribution in [2.45, 2.75) is 89.6 Å². The van der Waals surface area contributed by atoms with Crippen LogP contribution in [-0.2, 0) is 23.9 Å². The third-order valence-corrected chi connectivity index (χ3v) is 11.2. The number of aromatic nitrogens is 1. The lowest BCUT2D eigenvalue weighted by Gasteiger charge is -2.26. The number of carbonyl (C=O) groups excluding carboxylic acids is 3. The number of carbonyl (C=O) groups is 3. The Balaban J connectivity index is 0.948. The number of phenols is 1. The summed E-state index contributed by atoms with van der Waals surface area (Å²) in [6, 6.07) is 19.5.